The van der Waals surface area contributed by atoms with Gasteiger partial charge in [0.15, 0.2) is 0 Å². The van der Waals surface area contributed by atoms with Crippen LogP contribution in [-0.2, 0) is 20.9 Å². The van der Waals surface area contributed by atoms with E-state index in [9.17, 15) is 22.4 Å². The van der Waals surface area contributed by atoms with E-state index in [4.69, 9.17) is 14.6 Å². The van der Waals surface area contributed by atoms with Crippen LogP contribution >= 0.6 is 0 Å². The molecule has 0 saturated carbocycles. The number of nitrogens with zero attached hydrogens (tertiary/aromatic N) is 2. The van der Waals surface area contributed by atoms with Crippen molar-refractivity contribution in [1.82, 2.24) is 9.80 Å². The van der Waals surface area contributed by atoms with Crippen molar-refractivity contribution in [3.05, 3.63) is 35.6 Å². The molecule has 1 aromatic carbocycles. The number of halogens is 4. The number of ether oxygens (including phenoxy) is 1. The molecule has 28 heavy (non-hydrogen) atoms. The molecule has 2 aliphatic heterocycles. The van der Waals surface area contributed by atoms with Crippen LogP contribution in [0.4, 0.5) is 17.6 Å². The minimum Gasteiger partial charge on any atom is -0.475 e. The molecule has 2 saturated heterocycles. The van der Waals surface area contributed by atoms with Crippen LogP contribution in [0.1, 0.15) is 5.56 Å². The number of rotatable bonds is 5. The van der Waals surface area contributed by atoms with Gasteiger partial charge >= 0.3 is 12.1 Å². The van der Waals surface area contributed by atoms with Crippen LogP contribution in [0.25, 0.3) is 0 Å². The quantitative estimate of drug-likeness (QED) is 0.758. The maximum absolute atomic E-state index is 12.9. The third-order valence-electron chi connectivity index (χ3n) is 4.73. The third kappa shape index (κ3) is 5.90. The number of benzene rings is 1. The molecule has 0 spiro atoms. The van der Waals surface area contributed by atoms with Crippen molar-refractivity contribution in [2.75, 3.05) is 39.9 Å². The van der Waals surface area contributed by atoms with E-state index in [1.165, 1.54) is 12.1 Å². The van der Waals surface area contributed by atoms with Crippen molar-refractivity contribution >= 4 is 11.9 Å². The summed E-state index contributed by atoms with van der Waals surface area (Å²) in [6.45, 7) is 4.68. The first-order valence-corrected chi connectivity index (χ1v) is 8.66. The summed E-state index contributed by atoms with van der Waals surface area (Å²) in [4.78, 5) is 25.4. The van der Waals surface area contributed by atoms with Gasteiger partial charge in [0.05, 0.1) is 12.5 Å². The lowest BCUT2D eigenvalue weighted by Crippen LogP contribution is -2.34. The monoisotopic (exact) mass is 406 g/mol. The molecule has 0 radical (unpaired) electrons. The highest BCUT2D eigenvalue weighted by Gasteiger charge is 2.45. The van der Waals surface area contributed by atoms with E-state index in [0.717, 1.165) is 31.7 Å². The Morgan fingerprint density at radius 1 is 1.21 bits per heavy atom. The molecular formula is C18H22F4N2O4. The standard InChI is InChI=1S/C16H21FN2O2.C2HF3O2/c1-21-7-6-19-10-13-9-18(11-15(13)16(19)20)8-12-2-4-14(17)5-3-12;3-2(4,5)1(6)7/h2-5,13,15H,6-11H2,1H3;(H,6,7)/t13-,15-;/m0./s1. The summed E-state index contributed by atoms with van der Waals surface area (Å²) in [7, 11) is 1.66. The second-order valence-electron chi connectivity index (χ2n) is 6.77. The van der Waals surface area contributed by atoms with Crippen LogP contribution in [0.2, 0.25) is 0 Å². The number of hydrogen-bond donors (Lipinski definition) is 1. The Bertz CT molecular complexity index is 681. The Hall–Kier alpha value is -2.20. The molecule has 2 fully saturated rings. The van der Waals surface area contributed by atoms with Crippen LogP contribution in [0, 0.1) is 17.7 Å². The van der Waals surface area contributed by atoms with Gasteiger partial charge in [-0.1, -0.05) is 12.1 Å². The molecule has 10 heteroatoms. The second-order valence-corrected chi connectivity index (χ2v) is 6.77. The third-order valence-corrected chi connectivity index (χ3v) is 4.73. The minimum absolute atomic E-state index is 0.127. The molecule has 1 aromatic rings. The Kier molecular flexibility index (Phi) is 7.36. The van der Waals surface area contributed by atoms with Crippen LogP contribution in [0.15, 0.2) is 24.3 Å². The van der Waals surface area contributed by atoms with E-state index in [0.29, 0.717) is 19.1 Å². The van der Waals surface area contributed by atoms with Gasteiger partial charge in [0.1, 0.15) is 5.82 Å². The molecule has 1 amide bonds. The van der Waals surface area contributed by atoms with Crippen LogP contribution < -0.4 is 0 Å². The predicted octanol–water partition coefficient (Wildman–Crippen LogP) is 2.00. The summed E-state index contributed by atoms with van der Waals surface area (Å²) in [6.07, 6.45) is -5.08. The molecule has 2 atom stereocenters. The van der Waals surface area contributed by atoms with Gasteiger partial charge in [-0.3, -0.25) is 9.69 Å². The number of hydrogen-bond acceptors (Lipinski definition) is 4. The number of methoxy groups -OCH3 is 1. The summed E-state index contributed by atoms with van der Waals surface area (Å²) >= 11 is 0. The lowest BCUT2D eigenvalue weighted by molar-refractivity contribution is -0.192. The molecule has 6 nitrogen and oxygen atoms in total. The van der Waals surface area contributed by atoms with E-state index in [2.05, 4.69) is 4.90 Å². The largest absolute Gasteiger partial charge is 0.490 e. The highest BCUT2D eigenvalue weighted by Crippen LogP contribution is 2.32. The van der Waals surface area contributed by atoms with Gasteiger partial charge in [-0.05, 0) is 17.7 Å². The van der Waals surface area contributed by atoms with Crippen molar-refractivity contribution < 1.29 is 37.0 Å². The first-order valence-electron chi connectivity index (χ1n) is 8.66. The number of fused-ring (bicyclic) bond motifs is 1. The molecule has 1 N–H and O–H groups in total. The zero-order valence-electron chi connectivity index (χ0n) is 15.3. The summed E-state index contributed by atoms with van der Waals surface area (Å²) in [5.74, 6) is -2.15. The molecule has 0 aliphatic carbocycles. The van der Waals surface area contributed by atoms with Crippen molar-refractivity contribution in [1.29, 1.82) is 0 Å². The summed E-state index contributed by atoms with van der Waals surface area (Å²) in [5, 5.41) is 7.12. The van der Waals surface area contributed by atoms with E-state index < -0.39 is 12.1 Å². The molecule has 0 aromatic heterocycles. The molecular weight excluding hydrogens is 384 g/mol. The predicted molar refractivity (Wildman–Crippen MR) is 90.8 cm³/mol. The van der Waals surface area contributed by atoms with Crippen LogP contribution in [0.3, 0.4) is 0 Å². The Morgan fingerprint density at radius 3 is 2.32 bits per heavy atom. The van der Waals surface area contributed by atoms with Crippen LogP contribution in [-0.4, -0.2) is 72.9 Å². The SMILES string of the molecule is COCCN1C[C@@H]2CN(Cc3ccc(F)cc3)C[C@@H]2C1=O.O=C(O)C(F)(F)F. The second kappa shape index (κ2) is 9.33. The summed E-state index contributed by atoms with van der Waals surface area (Å²) in [5.41, 5.74) is 1.10. The fourth-order valence-corrected chi connectivity index (χ4v) is 3.41. The molecule has 2 aliphatic rings. The van der Waals surface area contributed by atoms with Crippen molar-refractivity contribution in [3.63, 3.8) is 0 Å². The Balaban J connectivity index is 0.000000345. The molecule has 0 unspecified atom stereocenters. The van der Waals surface area contributed by atoms with E-state index in [1.807, 2.05) is 17.0 Å². The molecule has 3 rings (SSSR count). The number of carbonyl (C=O) groups excluding carboxylic acids is 1. The van der Waals surface area contributed by atoms with Gasteiger partial charge in [-0.15, -0.1) is 0 Å². The highest BCUT2D eigenvalue weighted by atomic mass is 19.4. The minimum atomic E-state index is -5.08. The average molecular weight is 406 g/mol. The smallest absolute Gasteiger partial charge is 0.475 e. The van der Waals surface area contributed by atoms with Gasteiger partial charge in [-0.25, -0.2) is 9.18 Å². The molecule has 0 bridgehead atoms. The summed E-state index contributed by atoms with van der Waals surface area (Å²) < 4.78 is 49.7. The number of likely N-dealkylation sites (tertiary alicyclic amines) is 2. The van der Waals surface area contributed by atoms with Crippen LogP contribution in [0.5, 0.6) is 0 Å². The lowest BCUT2D eigenvalue weighted by Gasteiger charge is -2.21. The fraction of sp³-hybridized carbons (Fsp3) is 0.556. The van der Waals surface area contributed by atoms with Crippen molar-refractivity contribution in [2.24, 2.45) is 11.8 Å². The van der Waals surface area contributed by atoms with E-state index in [-0.39, 0.29) is 17.6 Å². The van der Waals surface area contributed by atoms with E-state index in [1.54, 1.807) is 7.11 Å². The number of carboxylic acids is 1. The average Bonchev–Trinajstić information content (AvgIpc) is 3.13. The van der Waals surface area contributed by atoms with Crippen molar-refractivity contribution in [2.45, 2.75) is 12.7 Å². The van der Waals surface area contributed by atoms with Crippen molar-refractivity contribution in [3.8, 4) is 0 Å². The number of carbonyl (C=O) groups is 2. The van der Waals surface area contributed by atoms with E-state index >= 15 is 0 Å². The highest BCUT2D eigenvalue weighted by molar-refractivity contribution is 5.82. The Labute approximate surface area is 159 Å². The van der Waals surface area contributed by atoms with Gasteiger partial charge in [0.2, 0.25) is 5.91 Å². The fourth-order valence-electron chi connectivity index (χ4n) is 3.41. The van der Waals surface area contributed by atoms with Gasteiger partial charge in [-0.2, -0.15) is 13.2 Å². The zero-order valence-corrected chi connectivity index (χ0v) is 15.3. The Morgan fingerprint density at radius 2 is 1.82 bits per heavy atom. The number of amides is 1. The molecule has 156 valence electrons. The normalized spacial score (nSPS) is 22.0. The lowest BCUT2D eigenvalue weighted by atomic mass is 10.0. The zero-order chi connectivity index (χ0) is 20.9. The van der Waals surface area contributed by atoms with Gasteiger partial charge in [0.25, 0.3) is 0 Å². The summed E-state index contributed by atoms with van der Waals surface area (Å²) in [6, 6.07) is 6.61. The molecule has 2 heterocycles. The first kappa shape index (κ1) is 22.1. The topological polar surface area (TPSA) is 70.1 Å². The maximum atomic E-state index is 12.9. The van der Waals surface area contributed by atoms with Gasteiger partial charge in [0, 0.05) is 45.8 Å². The van der Waals surface area contributed by atoms with Gasteiger partial charge < -0.3 is 14.7 Å². The number of carboxylic acid groups (broad SMARTS) is 1. The first-order chi connectivity index (χ1) is 13.1. The maximum Gasteiger partial charge on any atom is 0.490 e. The number of alkyl halides is 3. The number of aliphatic carboxylic acids is 1.